The Morgan fingerprint density at radius 1 is 1.15 bits per heavy atom. The van der Waals surface area contributed by atoms with Crippen LogP contribution in [-0.2, 0) is 0 Å². The van der Waals surface area contributed by atoms with Gasteiger partial charge in [0.1, 0.15) is 11.5 Å². The predicted octanol–water partition coefficient (Wildman–Crippen LogP) is 5.11. The van der Waals surface area contributed by atoms with Crippen molar-refractivity contribution in [2.75, 3.05) is 7.05 Å². The predicted molar refractivity (Wildman–Crippen MR) is 84.8 cm³/mol. The molecule has 0 saturated carbocycles. The number of nitrogens with one attached hydrogen (secondary N) is 1. The summed E-state index contributed by atoms with van der Waals surface area (Å²) in [5.74, 6) is 1.67. The Kier molecular flexibility index (Phi) is 5.05. The highest BCUT2D eigenvalue weighted by Crippen LogP contribution is 2.28. The summed E-state index contributed by atoms with van der Waals surface area (Å²) < 4.78 is 5.89. The van der Waals surface area contributed by atoms with Gasteiger partial charge in [-0.05, 0) is 61.9 Å². The van der Waals surface area contributed by atoms with E-state index in [4.69, 9.17) is 16.3 Å². The van der Waals surface area contributed by atoms with Gasteiger partial charge in [-0.25, -0.2) is 0 Å². The molecule has 1 atom stereocenters. The first kappa shape index (κ1) is 14.9. The fourth-order valence-corrected chi connectivity index (χ4v) is 2.46. The van der Waals surface area contributed by atoms with E-state index in [0.29, 0.717) is 6.04 Å². The normalized spacial score (nSPS) is 12.2. The zero-order valence-electron chi connectivity index (χ0n) is 12.1. The van der Waals surface area contributed by atoms with Gasteiger partial charge in [-0.1, -0.05) is 30.7 Å². The standard InChI is InChI=1S/C17H20ClNO/c1-4-16(19-3)13-5-8-15(9-6-13)20-17-10-7-14(18)11-12(17)2/h5-11,16,19H,4H2,1-3H3. The SMILES string of the molecule is CCC(NC)c1ccc(Oc2ccc(Cl)cc2C)cc1. The lowest BCUT2D eigenvalue weighted by molar-refractivity contribution is 0.478. The third kappa shape index (κ3) is 3.53. The summed E-state index contributed by atoms with van der Waals surface area (Å²) >= 11 is 5.94. The maximum atomic E-state index is 5.94. The van der Waals surface area contributed by atoms with Crippen LogP contribution < -0.4 is 10.1 Å². The van der Waals surface area contributed by atoms with Crippen LogP contribution in [0, 0.1) is 6.92 Å². The quantitative estimate of drug-likeness (QED) is 0.826. The van der Waals surface area contributed by atoms with Crippen molar-refractivity contribution >= 4 is 11.6 Å². The number of benzene rings is 2. The topological polar surface area (TPSA) is 21.3 Å². The molecule has 2 nitrogen and oxygen atoms in total. The van der Waals surface area contributed by atoms with Crippen LogP contribution in [-0.4, -0.2) is 7.05 Å². The first-order valence-corrected chi connectivity index (χ1v) is 7.23. The molecule has 1 N–H and O–H groups in total. The van der Waals surface area contributed by atoms with Gasteiger partial charge in [-0.3, -0.25) is 0 Å². The van der Waals surface area contributed by atoms with Gasteiger partial charge >= 0.3 is 0 Å². The minimum Gasteiger partial charge on any atom is -0.457 e. The van der Waals surface area contributed by atoms with E-state index in [2.05, 4.69) is 24.4 Å². The maximum absolute atomic E-state index is 5.94. The van der Waals surface area contributed by atoms with E-state index in [0.717, 1.165) is 28.5 Å². The lowest BCUT2D eigenvalue weighted by Crippen LogP contribution is -2.14. The van der Waals surface area contributed by atoms with E-state index in [-0.39, 0.29) is 0 Å². The van der Waals surface area contributed by atoms with Crippen LogP contribution in [0.3, 0.4) is 0 Å². The Morgan fingerprint density at radius 2 is 1.85 bits per heavy atom. The Hall–Kier alpha value is -1.51. The van der Waals surface area contributed by atoms with Crippen LogP contribution in [0.15, 0.2) is 42.5 Å². The molecule has 0 heterocycles. The largest absolute Gasteiger partial charge is 0.457 e. The monoisotopic (exact) mass is 289 g/mol. The zero-order valence-corrected chi connectivity index (χ0v) is 12.9. The summed E-state index contributed by atoms with van der Waals surface area (Å²) in [6, 6.07) is 14.2. The van der Waals surface area contributed by atoms with E-state index in [1.54, 1.807) is 0 Å². The first-order chi connectivity index (χ1) is 9.63. The number of aryl methyl sites for hydroxylation is 1. The number of rotatable bonds is 5. The van der Waals surface area contributed by atoms with E-state index < -0.39 is 0 Å². The molecule has 2 rings (SSSR count). The summed E-state index contributed by atoms with van der Waals surface area (Å²) in [5.41, 5.74) is 2.30. The van der Waals surface area contributed by atoms with Crippen molar-refractivity contribution in [1.82, 2.24) is 5.32 Å². The molecule has 2 aromatic carbocycles. The van der Waals surface area contributed by atoms with Crippen molar-refractivity contribution in [3.8, 4) is 11.5 Å². The zero-order chi connectivity index (χ0) is 14.5. The third-order valence-corrected chi connectivity index (χ3v) is 3.64. The highest BCUT2D eigenvalue weighted by Gasteiger charge is 2.07. The number of hydrogen-bond acceptors (Lipinski definition) is 2. The van der Waals surface area contributed by atoms with Crippen molar-refractivity contribution in [1.29, 1.82) is 0 Å². The van der Waals surface area contributed by atoms with Crippen molar-refractivity contribution < 1.29 is 4.74 Å². The maximum Gasteiger partial charge on any atom is 0.130 e. The van der Waals surface area contributed by atoms with Crippen molar-refractivity contribution in [2.45, 2.75) is 26.3 Å². The summed E-state index contributed by atoms with van der Waals surface area (Å²) in [7, 11) is 1.98. The minimum atomic E-state index is 0.390. The Balaban J connectivity index is 2.14. The highest BCUT2D eigenvalue weighted by molar-refractivity contribution is 6.30. The number of halogens is 1. The second-order valence-corrected chi connectivity index (χ2v) is 5.27. The summed E-state index contributed by atoms with van der Waals surface area (Å²) in [6.45, 7) is 4.16. The highest BCUT2D eigenvalue weighted by atomic mass is 35.5. The van der Waals surface area contributed by atoms with E-state index in [1.165, 1.54) is 5.56 Å². The number of hydrogen-bond donors (Lipinski definition) is 1. The van der Waals surface area contributed by atoms with Crippen LogP contribution in [0.2, 0.25) is 5.02 Å². The second kappa shape index (κ2) is 6.78. The van der Waals surface area contributed by atoms with Gasteiger partial charge in [0.05, 0.1) is 0 Å². The van der Waals surface area contributed by atoms with Crippen LogP contribution in [0.5, 0.6) is 11.5 Å². The molecule has 0 radical (unpaired) electrons. The molecule has 0 aliphatic carbocycles. The summed E-state index contributed by atoms with van der Waals surface area (Å²) in [6.07, 6.45) is 1.06. The van der Waals surface area contributed by atoms with Gasteiger partial charge in [0, 0.05) is 11.1 Å². The van der Waals surface area contributed by atoms with Gasteiger partial charge in [-0.15, -0.1) is 0 Å². The fraction of sp³-hybridized carbons (Fsp3) is 0.294. The van der Waals surface area contributed by atoms with Crippen molar-refractivity contribution in [2.24, 2.45) is 0 Å². The van der Waals surface area contributed by atoms with E-state index in [1.807, 2.05) is 44.3 Å². The van der Waals surface area contributed by atoms with Crippen LogP contribution in [0.4, 0.5) is 0 Å². The average Bonchev–Trinajstić information content (AvgIpc) is 2.45. The Bertz CT molecular complexity index is 562. The van der Waals surface area contributed by atoms with Gasteiger partial charge in [-0.2, -0.15) is 0 Å². The Morgan fingerprint density at radius 3 is 2.40 bits per heavy atom. The molecule has 0 amide bonds. The van der Waals surface area contributed by atoms with Gasteiger partial charge in [0.25, 0.3) is 0 Å². The molecule has 0 bridgehead atoms. The summed E-state index contributed by atoms with van der Waals surface area (Å²) in [5, 5.41) is 4.02. The summed E-state index contributed by atoms with van der Waals surface area (Å²) in [4.78, 5) is 0. The smallest absolute Gasteiger partial charge is 0.130 e. The molecule has 3 heteroatoms. The van der Waals surface area contributed by atoms with Crippen molar-refractivity contribution in [3.63, 3.8) is 0 Å². The molecule has 106 valence electrons. The molecule has 1 unspecified atom stereocenters. The van der Waals surface area contributed by atoms with Gasteiger partial charge in [0.15, 0.2) is 0 Å². The van der Waals surface area contributed by atoms with E-state index >= 15 is 0 Å². The number of ether oxygens (including phenoxy) is 1. The van der Waals surface area contributed by atoms with Gasteiger partial charge < -0.3 is 10.1 Å². The molecule has 0 spiro atoms. The molecule has 0 fully saturated rings. The average molecular weight is 290 g/mol. The van der Waals surface area contributed by atoms with Crippen LogP contribution in [0.1, 0.15) is 30.5 Å². The molecular weight excluding hydrogens is 270 g/mol. The van der Waals surface area contributed by atoms with Crippen LogP contribution >= 0.6 is 11.6 Å². The lowest BCUT2D eigenvalue weighted by Gasteiger charge is -2.15. The molecule has 0 aromatic heterocycles. The molecule has 0 saturated heterocycles. The van der Waals surface area contributed by atoms with Crippen molar-refractivity contribution in [3.05, 3.63) is 58.6 Å². The molecule has 2 aromatic rings. The van der Waals surface area contributed by atoms with Crippen LogP contribution in [0.25, 0.3) is 0 Å². The molecular formula is C17H20ClNO. The van der Waals surface area contributed by atoms with E-state index in [9.17, 15) is 0 Å². The molecule has 0 aliphatic rings. The Labute approximate surface area is 125 Å². The fourth-order valence-electron chi connectivity index (χ4n) is 2.23. The van der Waals surface area contributed by atoms with Gasteiger partial charge in [0.2, 0.25) is 0 Å². The second-order valence-electron chi connectivity index (χ2n) is 4.83. The first-order valence-electron chi connectivity index (χ1n) is 6.85. The third-order valence-electron chi connectivity index (χ3n) is 3.40. The lowest BCUT2D eigenvalue weighted by atomic mass is 10.0. The molecule has 0 aliphatic heterocycles. The minimum absolute atomic E-state index is 0.390. The molecule has 20 heavy (non-hydrogen) atoms.